The number of hydrogen-bond donors (Lipinski definition) is 0. The van der Waals surface area contributed by atoms with E-state index < -0.39 is 0 Å². The predicted octanol–water partition coefficient (Wildman–Crippen LogP) is 3.75. The fraction of sp³-hybridized carbons (Fsp3) is 0.615. The summed E-state index contributed by atoms with van der Waals surface area (Å²) in [5.74, 6) is 0.812. The van der Waals surface area contributed by atoms with E-state index in [0.29, 0.717) is 0 Å². The van der Waals surface area contributed by atoms with Crippen molar-refractivity contribution in [2.45, 2.75) is 51.9 Å². The molecule has 0 atom stereocenters. The van der Waals surface area contributed by atoms with Gasteiger partial charge in [-0.3, -0.25) is 4.98 Å². The lowest BCUT2D eigenvalue weighted by atomic mass is 9.81. The summed E-state index contributed by atoms with van der Waals surface area (Å²) in [6.45, 7) is 4.40. The van der Waals surface area contributed by atoms with Crippen molar-refractivity contribution in [3.8, 4) is 0 Å². The van der Waals surface area contributed by atoms with Gasteiger partial charge in [0.05, 0.1) is 0 Å². The molecule has 14 heavy (non-hydrogen) atoms. The van der Waals surface area contributed by atoms with Crippen LogP contribution in [0, 0.1) is 13.8 Å². The van der Waals surface area contributed by atoms with Crippen LogP contribution < -0.4 is 0 Å². The maximum absolute atomic E-state index is 4.24. The first kappa shape index (κ1) is 9.70. The van der Waals surface area contributed by atoms with Crippen LogP contribution in [0.4, 0.5) is 0 Å². The highest BCUT2D eigenvalue weighted by molar-refractivity contribution is 5.33. The second-order valence-corrected chi connectivity index (χ2v) is 4.52. The van der Waals surface area contributed by atoms with Gasteiger partial charge in [0, 0.05) is 12.4 Å². The second kappa shape index (κ2) is 4.12. The normalized spacial score (nSPS) is 18.4. The Morgan fingerprint density at radius 3 is 2.14 bits per heavy atom. The van der Waals surface area contributed by atoms with Crippen LogP contribution in [0.25, 0.3) is 0 Å². The van der Waals surface area contributed by atoms with E-state index in [1.54, 1.807) is 5.56 Å². The highest BCUT2D eigenvalue weighted by Crippen LogP contribution is 2.35. The fourth-order valence-corrected chi connectivity index (χ4v) is 2.75. The lowest BCUT2D eigenvalue weighted by Gasteiger charge is -2.24. The minimum atomic E-state index is 0.812. The first-order valence-electron chi connectivity index (χ1n) is 5.70. The molecular weight excluding hydrogens is 170 g/mol. The quantitative estimate of drug-likeness (QED) is 0.655. The molecule has 1 aliphatic carbocycles. The molecule has 1 aliphatic rings. The molecular formula is C13H19N. The van der Waals surface area contributed by atoms with Crippen LogP contribution in [0.1, 0.15) is 54.7 Å². The Bertz CT molecular complexity index is 291. The standard InChI is InChI=1S/C13H19N/c1-10-8-14-9-11(2)13(10)12-6-4-3-5-7-12/h8-9,12H,3-7H2,1-2H3. The first-order chi connectivity index (χ1) is 6.79. The van der Waals surface area contributed by atoms with E-state index in [2.05, 4.69) is 18.8 Å². The minimum absolute atomic E-state index is 0.812. The van der Waals surface area contributed by atoms with Gasteiger partial charge in [-0.05, 0) is 49.3 Å². The third-order valence-electron chi connectivity index (χ3n) is 3.40. The van der Waals surface area contributed by atoms with E-state index in [0.717, 1.165) is 5.92 Å². The summed E-state index contributed by atoms with van der Waals surface area (Å²) in [5, 5.41) is 0. The maximum atomic E-state index is 4.24. The molecule has 0 saturated heterocycles. The van der Waals surface area contributed by atoms with Crippen LogP contribution in [0.3, 0.4) is 0 Å². The zero-order chi connectivity index (χ0) is 9.97. The Morgan fingerprint density at radius 1 is 1.00 bits per heavy atom. The molecule has 1 saturated carbocycles. The summed E-state index contributed by atoms with van der Waals surface area (Å²) in [4.78, 5) is 4.24. The summed E-state index contributed by atoms with van der Waals surface area (Å²) < 4.78 is 0. The summed E-state index contributed by atoms with van der Waals surface area (Å²) in [5.41, 5.74) is 4.36. The van der Waals surface area contributed by atoms with Crippen molar-refractivity contribution < 1.29 is 0 Å². The summed E-state index contributed by atoms with van der Waals surface area (Å²) in [6, 6.07) is 0. The van der Waals surface area contributed by atoms with Gasteiger partial charge < -0.3 is 0 Å². The second-order valence-electron chi connectivity index (χ2n) is 4.52. The zero-order valence-corrected chi connectivity index (χ0v) is 9.21. The van der Waals surface area contributed by atoms with Crippen LogP contribution in [0.15, 0.2) is 12.4 Å². The molecule has 0 radical (unpaired) electrons. The topological polar surface area (TPSA) is 12.9 Å². The third-order valence-corrected chi connectivity index (χ3v) is 3.40. The molecule has 1 aromatic heterocycles. The molecule has 1 fully saturated rings. The van der Waals surface area contributed by atoms with Crippen molar-refractivity contribution in [1.82, 2.24) is 4.98 Å². The minimum Gasteiger partial charge on any atom is -0.264 e. The molecule has 1 nitrogen and oxygen atoms in total. The Labute approximate surface area is 86.6 Å². The maximum Gasteiger partial charge on any atom is 0.0300 e. The van der Waals surface area contributed by atoms with E-state index in [9.17, 15) is 0 Å². The van der Waals surface area contributed by atoms with E-state index in [1.165, 1.54) is 43.2 Å². The molecule has 1 heterocycles. The number of nitrogens with zero attached hydrogens (tertiary/aromatic N) is 1. The number of pyridine rings is 1. The van der Waals surface area contributed by atoms with Gasteiger partial charge in [0.2, 0.25) is 0 Å². The molecule has 0 N–H and O–H groups in total. The molecule has 0 spiro atoms. The lowest BCUT2D eigenvalue weighted by molar-refractivity contribution is 0.441. The molecule has 0 aliphatic heterocycles. The fourth-order valence-electron chi connectivity index (χ4n) is 2.75. The van der Waals surface area contributed by atoms with Crippen molar-refractivity contribution in [2.24, 2.45) is 0 Å². The highest BCUT2D eigenvalue weighted by atomic mass is 14.6. The zero-order valence-electron chi connectivity index (χ0n) is 9.21. The molecule has 1 aromatic rings. The molecule has 0 amide bonds. The van der Waals surface area contributed by atoms with Crippen molar-refractivity contribution in [3.63, 3.8) is 0 Å². The Hall–Kier alpha value is -0.850. The average molecular weight is 189 g/mol. The summed E-state index contributed by atoms with van der Waals surface area (Å²) in [7, 11) is 0. The van der Waals surface area contributed by atoms with Crippen LogP contribution in [-0.4, -0.2) is 4.98 Å². The van der Waals surface area contributed by atoms with Gasteiger partial charge in [-0.1, -0.05) is 19.3 Å². The van der Waals surface area contributed by atoms with Gasteiger partial charge in [0.15, 0.2) is 0 Å². The van der Waals surface area contributed by atoms with E-state index in [4.69, 9.17) is 0 Å². The number of aromatic nitrogens is 1. The smallest absolute Gasteiger partial charge is 0.0300 e. The first-order valence-corrected chi connectivity index (χ1v) is 5.70. The summed E-state index contributed by atoms with van der Waals surface area (Å²) in [6.07, 6.45) is 11.0. The number of rotatable bonds is 1. The van der Waals surface area contributed by atoms with Crippen molar-refractivity contribution in [3.05, 3.63) is 29.1 Å². The van der Waals surface area contributed by atoms with E-state index >= 15 is 0 Å². The Balaban J connectivity index is 2.29. The third kappa shape index (κ3) is 1.82. The monoisotopic (exact) mass is 189 g/mol. The van der Waals surface area contributed by atoms with Crippen LogP contribution >= 0.6 is 0 Å². The van der Waals surface area contributed by atoms with Gasteiger partial charge in [-0.2, -0.15) is 0 Å². The van der Waals surface area contributed by atoms with Crippen molar-refractivity contribution in [1.29, 1.82) is 0 Å². The highest BCUT2D eigenvalue weighted by Gasteiger charge is 2.18. The van der Waals surface area contributed by atoms with E-state index in [-0.39, 0.29) is 0 Å². The number of hydrogen-bond acceptors (Lipinski definition) is 1. The van der Waals surface area contributed by atoms with Gasteiger partial charge in [-0.15, -0.1) is 0 Å². The Kier molecular flexibility index (Phi) is 2.85. The van der Waals surface area contributed by atoms with Crippen molar-refractivity contribution in [2.75, 3.05) is 0 Å². The molecule has 76 valence electrons. The molecule has 1 heteroatoms. The summed E-state index contributed by atoms with van der Waals surface area (Å²) >= 11 is 0. The SMILES string of the molecule is Cc1cncc(C)c1C1CCCCC1. The van der Waals surface area contributed by atoms with Gasteiger partial charge in [-0.25, -0.2) is 0 Å². The van der Waals surface area contributed by atoms with Crippen molar-refractivity contribution >= 4 is 0 Å². The lowest BCUT2D eigenvalue weighted by Crippen LogP contribution is -2.08. The Morgan fingerprint density at radius 2 is 1.57 bits per heavy atom. The largest absolute Gasteiger partial charge is 0.264 e. The van der Waals surface area contributed by atoms with Gasteiger partial charge in [0.25, 0.3) is 0 Å². The van der Waals surface area contributed by atoms with Crippen LogP contribution in [0.2, 0.25) is 0 Å². The number of aryl methyl sites for hydroxylation is 2. The van der Waals surface area contributed by atoms with Gasteiger partial charge >= 0.3 is 0 Å². The van der Waals surface area contributed by atoms with E-state index in [1.807, 2.05) is 12.4 Å². The predicted molar refractivity (Wildman–Crippen MR) is 59.5 cm³/mol. The van der Waals surface area contributed by atoms with Gasteiger partial charge in [0.1, 0.15) is 0 Å². The molecule has 0 unspecified atom stereocenters. The average Bonchev–Trinajstić information content (AvgIpc) is 2.19. The van der Waals surface area contributed by atoms with Crippen LogP contribution in [0.5, 0.6) is 0 Å². The van der Waals surface area contributed by atoms with Crippen LogP contribution in [-0.2, 0) is 0 Å². The molecule has 2 rings (SSSR count). The molecule has 0 bridgehead atoms. The molecule has 0 aromatic carbocycles.